The molecule has 94 valence electrons. The van der Waals surface area contributed by atoms with Crippen molar-refractivity contribution >= 4 is 22.8 Å². The Labute approximate surface area is 97.3 Å². The summed E-state index contributed by atoms with van der Waals surface area (Å²) >= 11 is 0. The SMILES string of the molecule is CS(=O)CCNC(=O)NCCCCC(=O)O. The first-order chi connectivity index (χ1) is 7.52. The third kappa shape index (κ3) is 11.0. The number of unbranched alkanes of at least 4 members (excludes halogenated alkanes) is 1. The van der Waals surface area contributed by atoms with Gasteiger partial charge < -0.3 is 15.7 Å². The molecule has 0 saturated carbocycles. The predicted octanol–water partition coefficient (Wildman–Crippen LogP) is -0.0810. The van der Waals surface area contributed by atoms with E-state index in [2.05, 4.69) is 10.6 Å². The van der Waals surface area contributed by atoms with Crippen LogP contribution < -0.4 is 10.6 Å². The van der Waals surface area contributed by atoms with E-state index in [9.17, 15) is 13.8 Å². The Kier molecular flexibility index (Phi) is 8.51. The van der Waals surface area contributed by atoms with E-state index in [-0.39, 0.29) is 12.5 Å². The Balaban J connectivity index is 3.30. The summed E-state index contributed by atoms with van der Waals surface area (Å²) < 4.78 is 10.7. The summed E-state index contributed by atoms with van der Waals surface area (Å²) in [5.74, 6) is -0.387. The summed E-state index contributed by atoms with van der Waals surface area (Å²) in [6.45, 7) is 0.832. The van der Waals surface area contributed by atoms with Crippen molar-refractivity contribution in [1.82, 2.24) is 10.6 Å². The summed E-state index contributed by atoms with van der Waals surface area (Å²) in [6, 6.07) is -0.305. The third-order valence-corrected chi connectivity index (χ3v) is 2.56. The number of carbonyl (C=O) groups is 2. The minimum absolute atomic E-state index is 0.123. The van der Waals surface area contributed by atoms with Crippen LogP contribution in [-0.4, -0.2) is 46.4 Å². The Morgan fingerprint density at radius 1 is 1.19 bits per heavy atom. The molecule has 0 bridgehead atoms. The van der Waals surface area contributed by atoms with Gasteiger partial charge in [-0.1, -0.05) is 0 Å². The Morgan fingerprint density at radius 2 is 1.81 bits per heavy atom. The second-order valence-corrected chi connectivity index (χ2v) is 4.87. The maximum atomic E-state index is 11.1. The summed E-state index contributed by atoms with van der Waals surface area (Å²) in [4.78, 5) is 21.3. The second kappa shape index (κ2) is 9.14. The fourth-order valence-electron chi connectivity index (χ4n) is 0.974. The van der Waals surface area contributed by atoms with Crippen molar-refractivity contribution in [3.8, 4) is 0 Å². The van der Waals surface area contributed by atoms with Gasteiger partial charge in [0, 0.05) is 42.3 Å². The van der Waals surface area contributed by atoms with Gasteiger partial charge in [0.1, 0.15) is 0 Å². The van der Waals surface area contributed by atoms with Crippen LogP contribution in [0.25, 0.3) is 0 Å². The average molecular weight is 250 g/mol. The number of urea groups is 1. The largest absolute Gasteiger partial charge is 0.481 e. The van der Waals surface area contributed by atoms with Gasteiger partial charge in [-0.25, -0.2) is 4.79 Å². The molecule has 0 aromatic rings. The molecule has 2 amide bonds. The molecule has 6 nitrogen and oxygen atoms in total. The summed E-state index contributed by atoms with van der Waals surface area (Å²) in [6.07, 6.45) is 2.89. The number of carbonyl (C=O) groups excluding carboxylic acids is 1. The zero-order valence-corrected chi connectivity index (χ0v) is 10.1. The Hall–Kier alpha value is -1.11. The first-order valence-corrected chi connectivity index (χ1v) is 6.78. The normalized spacial score (nSPS) is 11.8. The summed E-state index contributed by atoms with van der Waals surface area (Å²) in [5.41, 5.74) is 0. The number of carboxylic acids is 1. The van der Waals surface area contributed by atoms with Crippen LogP contribution in [0.1, 0.15) is 19.3 Å². The van der Waals surface area contributed by atoms with Crippen molar-refractivity contribution in [3.63, 3.8) is 0 Å². The zero-order chi connectivity index (χ0) is 12.4. The monoisotopic (exact) mass is 250 g/mol. The molecule has 0 fully saturated rings. The number of nitrogens with one attached hydrogen (secondary N) is 2. The molecule has 1 atom stereocenters. The first kappa shape index (κ1) is 14.9. The number of amides is 2. The molecule has 0 aliphatic carbocycles. The molecule has 0 aliphatic heterocycles. The van der Waals surface area contributed by atoms with Crippen LogP contribution in [0, 0.1) is 0 Å². The number of hydrogen-bond donors (Lipinski definition) is 3. The van der Waals surface area contributed by atoms with Crippen LogP contribution in [0.4, 0.5) is 4.79 Å². The lowest BCUT2D eigenvalue weighted by Gasteiger charge is -2.06. The molecular formula is C9H18N2O4S. The lowest BCUT2D eigenvalue weighted by atomic mass is 10.2. The van der Waals surface area contributed by atoms with Crippen LogP contribution in [-0.2, 0) is 15.6 Å². The van der Waals surface area contributed by atoms with Gasteiger partial charge in [-0.05, 0) is 12.8 Å². The standard InChI is InChI=1S/C9H18N2O4S/c1-16(15)7-6-11-9(14)10-5-3-2-4-8(12)13/h2-7H2,1H3,(H,12,13)(H2,10,11,14). The van der Waals surface area contributed by atoms with Crippen molar-refractivity contribution in [2.24, 2.45) is 0 Å². The lowest BCUT2D eigenvalue weighted by Crippen LogP contribution is -2.37. The minimum atomic E-state index is -0.904. The molecule has 0 aromatic carbocycles. The Morgan fingerprint density at radius 3 is 2.38 bits per heavy atom. The first-order valence-electron chi connectivity index (χ1n) is 5.06. The van der Waals surface area contributed by atoms with E-state index < -0.39 is 16.8 Å². The third-order valence-electron chi connectivity index (χ3n) is 1.78. The van der Waals surface area contributed by atoms with E-state index in [0.717, 1.165) is 0 Å². The molecule has 0 heterocycles. The molecule has 1 unspecified atom stereocenters. The minimum Gasteiger partial charge on any atom is -0.481 e. The fourth-order valence-corrected chi connectivity index (χ4v) is 1.36. The van der Waals surface area contributed by atoms with Crippen molar-refractivity contribution in [2.75, 3.05) is 25.1 Å². The van der Waals surface area contributed by atoms with Gasteiger partial charge in [-0.2, -0.15) is 0 Å². The van der Waals surface area contributed by atoms with E-state index >= 15 is 0 Å². The van der Waals surface area contributed by atoms with Crippen molar-refractivity contribution in [2.45, 2.75) is 19.3 Å². The summed E-state index contributed by atoms with van der Waals surface area (Å²) in [5, 5.41) is 13.5. The summed E-state index contributed by atoms with van der Waals surface area (Å²) in [7, 11) is -0.904. The lowest BCUT2D eigenvalue weighted by molar-refractivity contribution is -0.137. The van der Waals surface area contributed by atoms with E-state index in [1.54, 1.807) is 6.26 Å². The van der Waals surface area contributed by atoms with Gasteiger partial charge in [0.15, 0.2) is 0 Å². The van der Waals surface area contributed by atoms with Crippen molar-refractivity contribution < 1.29 is 18.9 Å². The molecule has 3 N–H and O–H groups in total. The molecule has 0 rings (SSSR count). The Bertz CT molecular complexity index is 258. The zero-order valence-electron chi connectivity index (χ0n) is 9.32. The molecule has 0 spiro atoms. The topological polar surface area (TPSA) is 95.5 Å². The van der Waals surface area contributed by atoms with Crippen LogP contribution in [0.5, 0.6) is 0 Å². The van der Waals surface area contributed by atoms with Gasteiger partial charge >= 0.3 is 12.0 Å². The van der Waals surface area contributed by atoms with E-state index in [1.165, 1.54) is 0 Å². The number of aliphatic carboxylic acids is 1. The molecule has 16 heavy (non-hydrogen) atoms. The molecular weight excluding hydrogens is 232 g/mol. The smallest absolute Gasteiger partial charge is 0.314 e. The van der Waals surface area contributed by atoms with Crippen LogP contribution >= 0.6 is 0 Å². The van der Waals surface area contributed by atoms with Crippen molar-refractivity contribution in [1.29, 1.82) is 0 Å². The van der Waals surface area contributed by atoms with Gasteiger partial charge in [0.2, 0.25) is 0 Å². The molecule has 0 radical (unpaired) electrons. The van der Waals surface area contributed by atoms with Crippen molar-refractivity contribution in [3.05, 3.63) is 0 Å². The second-order valence-electron chi connectivity index (χ2n) is 3.31. The van der Waals surface area contributed by atoms with Gasteiger partial charge in [0.05, 0.1) is 0 Å². The maximum Gasteiger partial charge on any atom is 0.314 e. The highest BCUT2D eigenvalue weighted by atomic mass is 32.2. The van der Waals surface area contributed by atoms with Crippen LogP contribution in [0.3, 0.4) is 0 Å². The van der Waals surface area contributed by atoms with Gasteiger partial charge in [0.25, 0.3) is 0 Å². The molecule has 0 saturated heterocycles. The molecule has 7 heteroatoms. The molecule has 0 aliphatic rings. The highest BCUT2D eigenvalue weighted by Gasteiger charge is 2.00. The van der Waals surface area contributed by atoms with E-state index in [1.807, 2.05) is 0 Å². The highest BCUT2D eigenvalue weighted by molar-refractivity contribution is 7.84. The van der Waals surface area contributed by atoms with E-state index in [0.29, 0.717) is 31.7 Å². The quantitative estimate of drug-likeness (QED) is 0.525. The van der Waals surface area contributed by atoms with Crippen LogP contribution in [0.15, 0.2) is 0 Å². The average Bonchev–Trinajstić information content (AvgIpc) is 2.16. The fraction of sp³-hybridized carbons (Fsp3) is 0.778. The predicted molar refractivity (Wildman–Crippen MR) is 61.8 cm³/mol. The highest BCUT2D eigenvalue weighted by Crippen LogP contribution is 1.92. The molecule has 0 aromatic heterocycles. The number of hydrogen-bond acceptors (Lipinski definition) is 3. The number of carboxylic acid groups (broad SMARTS) is 1. The van der Waals surface area contributed by atoms with E-state index in [4.69, 9.17) is 5.11 Å². The van der Waals surface area contributed by atoms with Gasteiger partial charge in [-0.15, -0.1) is 0 Å². The number of rotatable bonds is 8. The maximum absolute atomic E-state index is 11.1. The van der Waals surface area contributed by atoms with Gasteiger partial charge in [-0.3, -0.25) is 9.00 Å². The van der Waals surface area contributed by atoms with Crippen LogP contribution in [0.2, 0.25) is 0 Å².